The Balaban J connectivity index is 1.27. The number of hydrogen-bond donors (Lipinski definition) is 1. The van der Waals surface area contributed by atoms with Gasteiger partial charge in [-0.2, -0.15) is 19.7 Å². The van der Waals surface area contributed by atoms with Gasteiger partial charge in [-0.05, 0) is 24.6 Å². The number of anilines is 1. The number of ether oxygens (including phenoxy) is 1. The summed E-state index contributed by atoms with van der Waals surface area (Å²) in [4.78, 5) is 9.00. The number of fused-ring (bicyclic) bond motifs is 1. The molecule has 28 heavy (non-hydrogen) atoms. The number of nitrogens with one attached hydrogen (secondary N) is 1. The molecule has 0 aromatic carbocycles. The van der Waals surface area contributed by atoms with Crippen LogP contribution < -0.4 is 10.1 Å². The summed E-state index contributed by atoms with van der Waals surface area (Å²) in [6, 6.07) is 11.8. The molecule has 0 aliphatic heterocycles. The molecule has 1 aliphatic carbocycles. The van der Waals surface area contributed by atoms with E-state index in [1.165, 1.54) is 0 Å². The zero-order valence-electron chi connectivity index (χ0n) is 15.6. The molecular formula is C20H21N7O. The van der Waals surface area contributed by atoms with Crippen molar-refractivity contribution >= 4 is 11.5 Å². The van der Waals surface area contributed by atoms with Gasteiger partial charge in [0, 0.05) is 49.1 Å². The van der Waals surface area contributed by atoms with Crippen molar-refractivity contribution in [2.24, 2.45) is 13.0 Å². The highest BCUT2D eigenvalue weighted by atomic mass is 16.5. The molecule has 4 heterocycles. The van der Waals surface area contributed by atoms with Crippen LogP contribution in [0, 0.1) is 5.92 Å². The van der Waals surface area contributed by atoms with Crippen molar-refractivity contribution in [3.05, 3.63) is 66.4 Å². The quantitative estimate of drug-likeness (QED) is 0.535. The van der Waals surface area contributed by atoms with Gasteiger partial charge in [-0.3, -0.25) is 9.67 Å². The molecule has 1 saturated carbocycles. The number of hydrogen-bond acceptors (Lipinski definition) is 6. The minimum absolute atomic E-state index is 0.488. The maximum atomic E-state index is 6.02. The van der Waals surface area contributed by atoms with Crippen LogP contribution in [0.4, 0.5) is 5.82 Å². The molecule has 1 aliphatic rings. The summed E-state index contributed by atoms with van der Waals surface area (Å²) in [5, 5.41) is 12.1. The lowest BCUT2D eigenvalue weighted by molar-refractivity contribution is 0.286. The first-order valence-electron chi connectivity index (χ1n) is 9.37. The van der Waals surface area contributed by atoms with Crippen LogP contribution in [0.2, 0.25) is 0 Å². The predicted molar refractivity (Wildman–Crippen MR) is 104 cm³/mol. The average Bonchev–Trinajstić information content (AvgIpc) is 3.11. The Morgan fingerprint density at radius 2 is 2.18 bits per heavy atom. The van der Waals surface area contributed by atoms with Gasteiger partial charge < -0.3 is 10.1 Å². The van der Waals surface area contributed by atoms with E-state index in [9.17, 15) is 0 Å². The van der Waals surface area contributed by atoms with E-state index in [0.717, 1.165) is 29.3 Å². The topological polar surface area (TPSA) is 82.2 Å². The summed E-state index contributed by atoms with van der Waals surface area (Å²) in [5.74, 6) is 2.40. The lowest BCUT2D eigenvalue weighted by atomic mass is 10.2. The van der Waals surface area contributed by atoms with Crippen molar-refractivity contribution in [3.8, 4) is 5.88 Å². The predicted octanol–water partition coefficient (Wildman–Crippen LogP) is 2.65. The minimum atomic E-state index is 0.488. The van der Waals surface area contributed by atoms with Crippen LogP contribution in [-0.4, -0.2) is 36.0 Å². The van der Waals surface area contributed by atoms with Crippen LogP contribution in [0.5, 0.6) is 5.88 Å². The Morgan fingerprint density at radius 1 is 1.21 bits per heavy atom. The van der Waals surface area contributed by atoms with Crippen molar-refractivity contribution in [1.82, 2.24) is 29.4 Å². The molecule has 4 aromatic heterocycles. The maximum Gasteiger partial charge on any atom is 0.219 e. The maximum absolute atomic E-state index is 6.02. The highest BCUT2D eigenvalue weighted by molar-refractivity contribution is 5.50. The van der Waals surface area contributed by atoms with E-state index in [4.69, 9.17) is 4.74 Å². The van der Waals surface area contributed by atoms with E-state index < -0.39 is 0 Å². The SMILES string of the molecule is Cn1ccc(CNc2cc(OC[C@@H]3C[C@H]3c3ccccn3)nc3ccnn23)n1. The summed E-state index contributed by atoms with van der Waals surface area (Å²) in [6.07, 6.45) is 6.61. The number of nitrogens with zero attached hydrogens (tertiary/aromatic N) is 6. The van der Waals surface area contributed by atoms with Gasteiger partial charge in [-0.25, -0.2) is 0 Å². The molecule has 5 rings (SSSR count). The molecule has 0 saturated heterocycles. The third kappa shape index (κ3) is 3.40. The molecule has 142 valence electrons. The summed E-state index contributed by atoms with van der Waals surface area (Å²) in [5.41, 5.74) is 2.85. The number of aromatic nitrogens is 6. The minimum Gasteiger partial charge on any atom is -0.477 e. The van der Waals surface area contributed by atoms with Gasteiger partial charge in [0.15, 0.2) is 5.65 Å². The highest BCUT2D eigenvalue weighted by Crippen LogP contribution is 2.46. The first-order valence-corrected chi connectivity index (χ1v) is 9.37. The molecule has 1 fully saturated rings. The largest absolute Gasteiger partial charge is 0.477 e. The van der Waals surface area contributed by atoms with Crippen LogP contribution in [0.3, 0.4) is 0 Å². The summed E-state index contributed by atoms with van der Waals surface area (Å²) >= 11 is 0. The van der Waals surface area contributed by atoms with Gasteiger partial charge in [-0.1, -0.05) is 6.07 Å². The van der Waals surface area contributed by atoms with Gasteiger partial charge >= 0.3 is 0 Å². The van der Waals surface area contributed by atoms with Crippen LogP contribution in [0.1, 0.15) is 23.7 Å². The molecule has 0 unspecified atom stereocenters. The molecule has 0 bridgehead atoms. The van der Waals surface area contributed by atoms with Crippen molar-refractivity contribution in [1.29, 1.82) is 0 Å². The lowest BCUT2D eigenvalue weighted by Crippen LogP contribution is -2.09. The number of aryl methyl sites for hydroxylation is 1. The van der Waals surface area contributed by atoms with E-state index in [0.29, 0.717) is 30.9 Å². The first kappa shape index (κ1) is 16.7. The monoisotopic (exact) mass is 375 g/mol. The standard InChI is InChI=1S/C20H21N7O/c1-26-9-6-15(25-26)12-22-19-11-20(24-18-5-8-23-27(18)19)28-13-14-10-16(14)17-4-2-3-7-21-17/h2-9,11,14,16,22H,10,12-13H2,1H3/t14-,16+/m0/s1. The van der Waals surface area contributed by atoms with E-state index in [2.05, 4.69) is 31.5 Å². The summed E-state index contributed by atoms with van der Waals surface area (Å²) < 4.78 is 9.57. The molecule has 0 radical (unpaired) electrons. The molecule has 2 atom stereocenters. The normalized spacial score (nSPS) is 18.3. The lowest BCUT2D eigenvalue weighted by Gasteiger charge is -2.10. The van der Waals surface area contributed by atoms with E-state index in [1.54, 1.807) is 15.4 Å². The van der Waals surface area contributed by atoms with Gasteiger partial charge in [0.05, 0.1) is 25.0 Å². The highest BCUT2D eigenvalue weighted by Gasteiger charge is 2.39. The molecule has 8 heteroatoms. The van der Waals surface area contributed by atoms with Gasteiger partial charge in [0.25, 0.3) is 0 Å². The molecule has 8 nitrogen and oxygen atoms in total. The van der Waals surface area contributed by atoms with Crippen LogP contribution in [-0.2, 0) is 13.6 Å². The fourth-order valence-corrected chi connectivity index (χ4v) is 3.41. The fourth-order valence-electron chi connectivity index (χ4n) is 3.41. The van der Waals surface area contributed by atoms with Crippen LogP contribution >= 0.6 is 0 Å². The fraction of sp³-hybridized carbons (Fsp3) is 0.300. The summed E-state index contributed by atoms with van der Waals surface area (Å²) in [6.45, 7) is 1.24. The van der Waals surface area contributed by atoms with E-state index >= 15 is 0 Å². The molecule has 4 aromatic rings. The van der Waals surface area contributed by atoms with E-state index in [1.807, 2.05) is 49.8 Å². The smallest absolute Gasteiger partial charge is 0.219 e. The molecule has 1 N–H and O–H groups in total. The average molecular weight is 375 g/mol. The second-order valence-corrected chi connectivity index (χ2v) is 7.08. The third-order valence-electron chi connectivity index (χ3n) is 4.99. The van der Waals surface area contributed by atoms with Gasteiger partial charge in [-0.15, -0.1) is 0 Å². The molecule has 0 amide bonds. The van der Waals surface area contributed by atoms with Crippen molar-refractivity contribution in [2.75, 3.05) is 11.9 Å². The zero-order valence-corrected chi connectivity index (χ0v) is 15.6. The second-order valence-electron chi connectivity index (χ2n) is 7.08. The first-order chi connectivity index (χ1) is 13.8. The molecular weight excluding hydrogens is 354 g/mol. The Bertz CT molecular complexity index is 1090. The van der Waals surface area contributed by atoms with Crippen LogP contribution in [0.15, 0.2) is 55.0 Å². The van der Waals surface area contributed by atoms with Gasteiger partial charge in [0.2, 0.25) is 5.88 Å². The molecule has 0 spiro atoms. The van der Waals surface area contributed by atoms with Crippen molar-refractivity contribution in [2.45, 2.75) is 18.9 Å². The second kappa shape index (κ2) is 6.95. The third-order valence-corrected chi connectivity index (χ3v) is 4.99. The zero-order chi connectivity index (χ0) is 18.9. The van der Waals surface area contributed by atoms with E-state index in [-0.39, 0.29) is 0 Å². The number of rotatable bonds is 7. The Hall–Kier alpha value is -3.42. The Labute approximate surface area is 162 Å². The van der Waals surface area contributed by atoms with Crippen molar-refractivity contribution in [3.63, 3.8) is 0 Å². The van der Waals surface area contributed by atoms with Crippen molar-refractivity contribution < 1.29 is 4.74 Å². The number of pyridine rings is 1. The Kier molecular flexibility index (Phi) is 4.16. The van der Waals surface area contributed by atoms with Crippen LogP contribution in [0.25, 0.3) is 5.65 Å². The Morgan fingerprint density at radius 3 is 3.00 bits per heavy atom. The summed E-state index contributed by atoms with van der Waals surface area (Å²) in [7, 11) is 1.91. The van der Waals surface area contributed by atoms with Gasteiger partial charge in [0.1, 0.15) is 5.82 Å².